The lowest BCUT2D eigenvalue weighted by Gasteiger charge is -2.35. The van der Waals surface area contributed by atoms with Crippen LogP contribution in [0.5, 0.6) is 0 Å². The molecular weight excluding hydrogens is 208 g/mol. The van der Waals surface area contributed by atoms with Gasteiger partial charge >= 0.3 is 0 Å². The van der Waals surface area contributed by atoms with E-state index in [1.807, 2.05) is 4.90 Å². The second-order valence-electron chi connectivity index (χ2n) is 4.63. The number of hydrogen-bond acceptors (Lipinski definition) is 4. The van der Waals surface area contributed by atoms with E-state index >= 15 is 0 Å². The summed E-state index contributed by atoms with van der Waals surface area (Å²) in [7, 11) is 0. The Hall–Kier alpha value is -0.650. The Bertz CT molecular complexity index is 241. The average molecular weight is 228 g/mol. The maximum absolute atomic E-state index is 11.6. The Labute approximate surface area is 95.8 Å². The molecule has 2 N–H and O–H groups in total. The van der Waals surface area contributed by atoms with Gasteiger partial charge in [-0.2, -0.15) is 0 Å². The normalized spacial score (nSPS) is 31.8. The van der Waals surface area contributed by atoms with E-state index in [2.05, 4.69) is 5.32 Å². The highest BCUT2D eigenvalue weighted by atomic mass is 16.5. The van der Waals surface area contributed by atoms with Crippen molar-refractivity contribution < 1.29 is 14.6 Å². The number of amides is 1. The number of ether oxygens (including phenoxy) is 1. The summed E-state index contributed by atoms with van der Waals surface area (Å²) in [5.74, 6) is 0.602. The summed E-state index contributed by atoms with van der Waals surface area (Å²) in [6, 6.07) is 0. The number of carbonyl (C=O) groups excluding carboxylic acids is 1. The highest BCUT2D eigenvalue weighted by Crippen LogP contribution is 2.14. The van der Waals surface area contributed by atoms with Crippen molar-refractivity contribution in [1.82, 2.24) is 10.2 Å². The fraction of sp³-hybridized carbons (Fsp3) is 0.909. The van der Waals surface area contributed by atoms with Crippen molar-refractivity contribution in [3.63, 3.8) is 0 Å². The fourth-order valence-electron chi connectivity index (χ4n) is 2.36. The summed E-state index contributed by atoms with van der Waals surface area (Å²) in [6.45, 7) is 3.52. The van der Waals surface area contributed by atoms with Gasteiger partial charge in [0, 0.05) is 13.1 Å². The van der Waals surface area contributed by atoms with Crippen molar-refractivity contribution in [3.8, 4) is 0 Å². The van der Waals surface area contributed by atoms with Gasteiger partial charge in [-0.05, 0) is 31.8 Å². The summed E-state index contributed by atoms with van der Waals surface area (Å²) in [4.78, 5) is 13.5. The molecule has 92 valence electrons. The van der Waals surface area contributed by atoms with Gasteiger partial charge in [0.25, 0.3) is 0 Å². The van der Waals surface area contributed by atoms with E-state index in [1.165, 1.54) is 12.8 Å². The Morgan fingerprint density at radius 1 is 1.56 bits per heavy atom. The van der Waals surface area contributed by atoms with Crippen molar-refractivity contribution in [2.45, 2.75) is 18.9 Å². The molecule has 0 aliphatic carbocycles. The van der Waals surface area contributed by atoms with Gasteiger partial charge in [0.2, 0.25) is 5.91 Å². The van der Waals surface area contributed by atoms with Crippen LogP contribution in [0.15, 0.2) is 0 Å². The average Bonchev–Trinajstić information content (AvgIpc) is 2.33. The number of hydrogen-bond donors (Lipinski definition) is 2. The third kappa shape index (κ3) is 2.93. The Balaban J connectivity index is 1.83. The number of nitrogens with one attached hydrogen (secondary N) is 1. The van der Waals surface area contributed by atoms with Gasteiger partial charge in [-0.1, -0.05) is 0 Å². The maximum Gasteiger partial charge on any atom is 0.248 e. The van der Waals surface area contributed by atoms with Crippen LogP contribution in [0.4, 0.5) is 0 Å². The summed E-state index contributed by atoms with van der Waals surface area (Å²) >= 11 is 0. The Morgan fingerprint density at radius 3 is 3.12 bits per heavy atom. The molecule has 2 heterocycles. The lowest BCUT2D eigenvalue weighted by molar-refractivity contribution is -0.152. The van der Waals surface area contributed by atoms with Gasteiger partial charge in [0.15, 0.2) is 0 Å². The quantitative estimate of drug-likeness (QED) is 0.664. The first kappa shape index (κ1) is 11.8. The molecule has 0 aromatic rings. The predicted molar refractivity (Wildman–Crippen MR) is 59.0 cm³/mol. The minimum atomic E-state index is -0.200. The lowest BCUT2D eigenvalue weighted by atomic mass is 9.98. The number of piperidine rings is 1. The first-order chi connectivity index (χ1) is 7.79. The molecule has 0 aromatic carbocycles. The van der Waals surface area contributed by atoms with E-state index in [0.29, 0.717) is 12.5 Å². The molecule has 2 fully saturated rings. The molecule has 2 aliphatic rings. The van der Waals surface area contributed by atoms with Crippen LogP contribution in [0.2, 0.25) is 0 Å². The lowest BCUT2D eigenvalue weighted by Crippen LogP contribution is -2.50. The van der Waals surface area contributed by atoms with Crippen LogP contribution in [0.3, 0.4) is 0 Å². The number of aliphatic hydroxyl groups is 1. The van der Waals surface area contributed by atoms with Gasteiger partial charge in [-0.15, -0.1) is 0 Å². The SMILES string of the molecule is O=C1COC(CO)CN1CC1CCCNC1. The van der Waals surface area contributed by atoms with Crippen molar-refractivity contribution in [1.29, 1.82) is 0 Å². The molecule has 2 unspecified atom stereocenters. The highest BCUT2D eigenvalue weighted by molar-refractivity contribution is 5.78. The molecule has 0 saturated carbocycles. The van der Waals surface area contributed by atoms with Gasteiger partial charge in [0.05, 0.1) is 12.7 Å². The standard InChI is InChI=1S/C11H20N2O3/c14-7-10-6-13(11(15)8-16-10)5-9-2-1-3-12-4-9/h9-10,12,14H,1-8H2. The molecule has 16 heavy (non-hydrogen) atoms. The number of rotatable bonds is 3. The molecule has 0 aromatic heterocycles. The molecule has 0 radical (unpaired) electrons. The summed E-state index contributed by atoms with van der Waals surface area (Å²) in [5, 5.41) is 12.4. The number of morpholine rings is 1. The van der Waals surface area contributed by atoms with Crippen molar-refractivity contribution in [3.05, 3.63) is 0 Å². The van der Waals surface area contributed by atoms with Crippen LogP contribution in [0.1, 0.15) is 12.8 Å². The van der Waals surface area contributed by atoms with Crippen molar-refractivity contribution >= 4 is 5.91 Å². The molecule has 2 saturated heterocycles. The molecule has 1 amide bonds. The minimum absolute atomic E-state index is 0.00725. The first-order valence-electron chi connectivity index (χ1n) is 6.00. The molecule has 2 aliphatic heterocycles. The Kier molecular flexibility index (Phi) is 4.15. The molecule has 2 rings (SSSR count). The third-order valence-corrected chi connectivity index (χ3v) is 3.30. The van der Waals surface area contributed by atoms with E-state index in [4.69, 9.17) is 9.84 Å². The number of carbonyl (C=O) groups is 1. The van der Waals surface area contributed by atoms with Crippen molar-refractivity contribution in [2.75, 3.05) is 39.4 Å². The molecular formula is C11H20N2O3. The zero-order valence-electron chi connectivity index (χ0n) is 9.52. The zero-order chi connectivity index (χ0) is 11.4. The minimum Gasteiger partial charge on any atom is -0.394 e. The molecule has 0 bridgehead atoms. The monoisotopic (exact) mass is 228 g/mol. The van der Waals surface area contributed by atoms with Gasteiger partial charge < -0.3 is 20.1 Å². The fourth-order valence-corrected chi connectivity index (χ4v) is 2.36. The smallest absolute Gasteiger partial charge is 0.248 e. The molecule has 5 nitrogen and oxygen atoms in total. The molecule has 2 atom stereocenters. The first-order valence-corrected chi connectivity index (χ1v) is 6.00. The van der Waals surface area contributed by atoms with Gasteiger partial charge in [0.1, 0.15) is 6.61 Å². The molecule has 5 heteroatoms. The van der Waals surface area contributed by atoms with Crippen LogP contribution in [0, 0.1) is 5.92 Å². The van der Waals surface area contributed by atoms with E-state index in [1.54, 1.807) is 0 Å². The third-order valence-electron chi connectivity index (χ3n) is 3.30. The van der Waals surface area contributed by atoms with Crippen LogP contribution in [-0.2, 0) is 9.53 Å². The zero-order valence-corrected chi connectivity index (χ0v) is 9.52. The Morgan fingerprint density at radius 2 is 2.44 bits per heavy atom. The van der Waals surface area contributed by atoms with Crippen LogP contribution >= 0.6 is 0 Å². The summed E-state index contributed by atoms with van der Waals surface area (Å²) in [6.07, 6.45) is 2.17. The van der Waals surface area contributed by atoms with Crippen LogP contribution in [0.25, 0.3) is 0 Å². The van der Waals surface area contributed by atoms with E-state index < -0.39 is 0 Å². The second-order valence-corrected chi connectivity index (χ2v) is 4.63. The summed E-state index contributed by atoms with van der Waals surface area (Å²) in [5.41, 5.74) is 0. The van der Waals surface area contributed by atoms with Crippen molar-refractivity contribution in [2.24, 2.45) is 5.92 Å². The summed E-state index contributed by atoms with van der Waals surface area (Å²) < 4.78 is 5.20. The maximum atomic E-state index is 11.6. The second kappa shape index (κ2) is 5.61. The number of aliphatic hydroxyl groups excluding tert-OH is 1. The van der Waals surface area contributed by atoms with Crippen LogP contribution in [-0.4, -0.2) is 61.4 Å². The molecule has 0 spiro atoms. The van der Waals surface area contributed by atoms with E-state index in [9.17, 15) is 4.79 Å². The highest BCUT2D eigenvalue weighted by Gasteiger charge is 2.28. The topological polar surface area (TPSA) is 61.8 Å². The van der Waals surface area contributed by atoms with Gasteiger partial charge in [-0.25, -0.2) is 0 Å². The largest absolute Gasteiger partial charge is 0.394 e. The van der Waals surface area contributed by atoms with Crippen LogP contribution < -0.4 is 5.32 Å². The van der Waals surface area contributed by atoms with E-state index in [0.717, 1.165) is 19.6 Å². The van der Waals surface area contributed by atoms with E-state index in [-0.39, 0.29) is 25.2 Å². The van der Waals surface area contributed by atoms with Gasteiger partial charge in [-0.3, -0.25) is 4.79 Å². The number of nitrogens with zero attached hydrogens (tertiary/aromatic N) is 1. The predicted octanol–water partition coefficient (Wildman–Crippen LogP) is -0.794.